The molecule has 0 saturated carbocycles. The maximum atomic E-state index is 12.5. The summed E-state index contributed by atoms with van der Waals surface area (Å²) in [6.07, 6.45) is 1.79. The Morgan fingerprint density at radius 3 is 2.94 bits per heavy atom. The van der Waals surface area contributed by atoms with Gasteiger partial charge < -0.3 is 10.6 Å². The van der Waals surface area contributed by atoms with Crippen LogP contribution in [0.3, 0.4) is 0 Å². The molecule has 1 aliphatic rings. The number of nitrogens with one attached hydrogen (secondary N) is 2. The molecule has 18 heavy (non-hydrogen) atoms. The Bertz CT molecular complexity index is 453. The van der Waals surface area contributed by atoms with Gasteiger partial charge in [0.15, 0.2) is 0 Å². The fourth-order valence-electron chi connectivity index (χ4n) is 2.40. The second-order valence-corrected chi connectivity index (χ2v) is 5.74. The Morgan fingerprint density at radius 2 is 2.33 bits per heavy atom. The second kappa shape index (κ2) is 5.41. The smallest absolute Gasteiger partial charge is 0.231 e. The number of carbonyl (C=O) groups is 1. The van der Waals surface area contributed by atoms with E-state index in [0.717, 1.165) is 41.7 Å². The van der Waals surface area contributed by atoms with Gasteiger partial charge in [0.05, 0.1) is 11.1 Å². The molecule has 0 spiro atoms. The molecule has 3 nitrogen and oxygen atoms in total. The third kappa shape index (κ3) is 2.45. The summed E-state index contributed by atoms with van der Waals surface area (Å²) in [5.41, 5.74) is 1.74. The monoisotopic (exact) mass is 310 g/mol. The molecule has 1 amide bonds. The molecular formula is C14H19BrN2O. The van der Waals surface area contributed by atoms with Crippen LogP contribution in [0.2, 0.25) is 0 Å². The van der Waals surface area contributed by atoms with Crippen molar-refractivity contribution in [2.24, 2.45) is 5.41 Å². The largest absolute Gasteiger partial charge is 0.325 e. The number of hydrogen-bond acceptors (Lipinski definition) is 2. The van der Waals surface area contributed by atoms with Gasteiger partial charge in [-0.05, 0) is 53.9 Å². The molecule has 2 rings (SSSR count). The summed E-state index contributed by atoms with van der Waals surface area (Å²) >= 11 is 3.53. The van der Waals surface area contributed by atoms with Crippen LogP contribution in [0.15, 0.2) is 22.7 Å². The van der Waals surface area contributed by atoms with Crippen LogP contribution >= 0.6 is 15.9 Å². The van der Waals surface area contributed by atoms with E-state index in [1.807, 2.05) is 25.1 Å². The highest BCUT2D eigenvalue weighted by molar-refractivity contribution is 9.10. The standard InChI is InChI=1S/C14H19BrN2O/c1-3-14(7-8-16-9-14)13(18)17-11-6-4-5-10(2)12(11)15/h4-6,16H,3,7-9H2,1-2H3,(H,17,18). The van der Waals surface area contributed by atoms with Crippen molar-refractivity contribution < 1.29 is 4.79 Å². The van der Waals surface area contributed by atoms with Crippen molar-refractivity contribution in [3.8, 4) is 0 Å². The van der Waals surface area contributed by atoms with E-state index in [1.54, 1.807) is 0 Å². The first-order chi connectivity index (χ1) is 8.59. The zero-order valence-corrected chi connectivity index (χ0v) is 12.4. The number of benzene rings is 1. The van der Waals surface area contributed by atoms with Crippen molar-refractivity contribution in [3.63, 3.8) is 0 Å². The van der Waals surface area contributed by atoms with Crippen molar-refractivity contribution in [2.45, 2.75) is 26.7 Å². The number of halogens is 1. The fraction of sp³-hybridized carbons (Fsp3) is 0.500. The van der Waals surface area contributed by atoms with Crippen LogP contribution in [0.25, 0.3) is 0 Å². The van der Waals surface area contributed by atoms with Crippen LogP contribution in [-0.4, -0.2) is 19.0 Å². The minimum atomic E-state index is -0.247. The van der Waals surface area contributed by atoms with E-state index in [2.05, 4.69) is 33.5 Å². The quantitative estimate of drug-likeness (QED) is 0.901. The molecule has 1 aromatic rings. The molecule has 1 atom stereocenters. The van der Waals surface area contributed by atoms with Crippen LogP contribution in [0, 0.1) is 12.3 Å². The molecule has 1 heterocycles. The molecule has 1 fully saturated rings. The van der Waals surface area contributed by atoms with Crippen LogP contribution in [0.4, 0.5) is 5.69 Å². The van der Waals surface area contributed by atoms with E-state index in [-0.39, 0.29) is 11.3 Å². The normalized spacial score (nSPS) is 23.1. The van der Waals surface area contributed by atoms with E-state index in [1.165, 1.54) is 0 Å². The Morgan fingerprint density at radius 1 is 1.56 bits per heavy atom. The average Bonchev–Trinajstić information content (AvgIpc) is 2.85. The van der Waals surface area contributed by atoms with E-state index in [4.69, 9.17) is 0 Å². The minimum Gasteiger partial charge on any atom is -0.325 e. The Balaban J connectivity index is 2.18. The molecule has 0 bridgehead atoms. The van der Waals surface area contributed by atoms with E-state index in [0.29, 0.717) is 0 Å². The first kappa shape index (κ1) is 13.6. The van der Waals surface area contributed by atoms with Crippen molar-refractivity contribution in [1.29, 1.82) is 0 Å². The number of anilines is 1. The van der Waals surface area contributed by atoms with Crippen LogP contribution in [0.5, 0.6) is 0 Å². The van der Waals surface area contributed by atoms with Gasteiger partial charge in [-0.25, -0.2) is 0 Å². The summed E-state index contributed by atoms with van der Waals surface area (Å²) in [6.45, 7) is 5.80. The molecule has 1 saturated heterocycles. The van der Waals surface area contributed by atoms with Gasteiger partial charge in [0.2, 0.25) is 5.91 Å². The average molecular weight is 311 g/mol. The van der Waals surface area contributed by atoms with Crippen molar-refractivity contribution in [3.05, 3.63) is 28.2 Å². The van der Waals surface area contributed by atoms with Gasteiger partial charge in [0.25, 0.3) is 0 Å². The fourth-order valence-corrected chi connectivity index (χ4v) is 2.76. The molecule has 1 aromatic carbocycles. The van der Waals surface area contributed by atoms with Gasteiger partial charge in [-0.3, -0.25) is 4.79 Å². The molecule has 0 aromatic heterocycles. The van der Waals surface area contributed by atoms with E-state index >= 15 is 0 Å². The SMILES string of the molecule is CCC1(C(=O)Nc2cccc(C)c2Br)CCNC1. The van der Waals surface area contributed by atoms with Gasteiger partial charge in [-0.1, -0.05) is 19.1 Å². The summed E-state index contributed by atoms with van der Waals surface area (Å²) in [5, 5.41) is 6.34. The second-order valence-electron chi connectivity index (χ2n) is 4.95. The summed E-state index contributed by atoms with van der Waals surface area (Å²) in [6, 6.07) is 5.91. The summed E-state index contributed by atoms with van der Waals surface area (Å²) < 4.78 is 0.968. The lowest BCUT2D eigenvalue weighted by Gasteiger charge is -2.25. The molecule has 1 unspecified atom stereocenters. The van der Waals surface area contributed by atoms with Crippen molar-refractivity contribution in [2.75, 3.05) is 18.4 Å². The third-order valence-corrected chi connectivity index (χ3v) is 4.89. The molecule has 1 aliphatic heterocycles. The summed E-state index contributed by atoms with van der Waals surface area (Å²) in [4.78, 5) is 12.5. The Kier molecular flexibility index (Phi) is 4.07. The molecular weight excluding hydrogens is 292 g/mol. The molecule has 2 N–H and O–H groups in total. The molecule has 0 radical (unpaired) electrons. The van der Waals surface area contributed by atoms with Crippen LogP contribution < -0.4 is 10.6 Å². The Hall–Kier alpha value is -0.870. The maximum absolute atomic E-state index is 12.5. The zero-order chi connectivity index (χ0) is 13.2. The van der Waals surface area contributed by atoms with E-state index in [9.17, 15) is 4.79 Å². The first-order valence-corrected chi connectivity index (χ1v) is 7.15. The number of hydrogen-bond donors (Lipinski definition) is 2. The van der Waals surface area contributed by atoms with Crippen LogP contribution in [-0.2, 0) is 4.79 Å². The number of aryl methyl sites for hydroxylation is 1. The summed E-state index contributed by atoms with van der Waals surface area (Å²) in [5.74, 6) is 0.126. The van der Waals surface area contributed by atoms with Gasteiger partial charge in [-0.2, -0.15) is 0 Å². The highest BCUT2D eigenvalue weighted by Gasteiger charge is 2.39. The minimum absolute atomic E-state index is 0.126. The third-order valence-electron chi connectivity index (χ3n) is 3.84. The number of carbonyl (C=O) groups excluding carboxylic acids is 1. The van der Waals surface area contributed by atoms with Crippen molar-refractivity contribution in [1.82, 2.24) is 5.32 Å². The molecule has 4 heteroatoms. The van der Waals surface area contributed by atoms with Gasteiger partial charge in [0.1, 0.15) is 0 Å². The predicted octanol–water partition coefficient (Wildman–Crippen LogP) is 3.09. The highest BCUT2D eigenvalue weighted by atomic mass is 79.9. The Labute approximate surface area is 116 Å². The maximum Gasteiger partial charge on any atom is 0.231 e. The lowest BCUT2D eigenvalue weighted by molar-refractivity contribution is -0.124. The first-order valence-electron chi connectivity index (χ1n) is 6.36. The lowest BCUT2D eigenvalue weighted by Crippen LogP contribution is -2.37. The molecule has 98 valence electrons. The zero-order valence-electron chi connectivity index (χ0n) is 10.8. The molecule has 0 aliphatic carbocycles. The van der Waals surface area contributed by atoms with E-state index < -0.39 is 0 Å². The van der Waals surface area contributed by atoms with Gasteiger partial charge >= 0.3 is 0 Å². The topological polar surface area (TPSA) is 41.1 Å². The number of amides is 1. The summed E-state index contributed by atoms with van der Waals surface area (Å²) in [7, 11) is 0. The van der Waals surface area contributed by atoms with Gasteiger partial charge in [0, 0.05) is 11.0 Å². The lowest BCUT2D eigenvalue weighted by atomic mass is 9.83. The predicted molar refractivity (Wildman–Crippen MR) is 77.7 cm³/mol. The van der Waals surface area contributed by atoms with Crippen molar-refractivity contribution >= 4 is 27.5 Å². The number of rotatable bonds is 3. The van der Waals surface area contributed by atoms with Gasteiger partial charge in [-0.15, -0.1) is 0 Å². The van der Waals surface area contributed by atoms with Crippen LogP contribution in [0.1, 0.15) is 25.3 Å². The highest BCUT2D eigenvalue weighted by Crippen LogP contribution is 2.33.